The zero-order chi connectivity index (χ0) is 14.5. The molecule has 19 heavy (non-hydrogen) atoms. The van der Waals surface area contributed by atoms with E-state index in [1.807, 2.05) is 0 Å². The third-order valence-corrected chi connectivity index (χ3v) is 3.74. The van der Waals surface area contributed by atoms with Gasteiger partial charge in [-0.15, -0.1) is 0 Å². The molecule has 0 aromatic heterocycles. The number of β-amino-alcohol motifs (C(OH)–C–C–N with tert-alkyl or cyclic N) is 1. The van der Waals surface area contributed by atoms with Gasteiger partial charge in [-0.2, -0.15) is 0 Å². The molecular weight excluding hydrogens is 238 g/mol. The van der Waals surface area contributed by atoms with E-state index in [4.69, 9.17) is 0 Å². The summed E-state index contributed by atoms with van der Waals surface area (Å²) in [5.41, 5.74) is 0.254. The second-order valence-electron chi connectivity index (χ2n) is 7.08. The lowest BCUT2D eigenvalue weighted by Crippen LogP contribution is -2.45. The fraction of sp³-hybridized carbons (Fsp3) is 1.00. The topological polar surface area (TPSA) is 38.7 Å². The second kappa shape index (κ2) is 7.58. The lowest BCUT2D eigenvalue weighted by atomic mass is 9.92. The second-order valence-corrected chi connectivity index (χ2v) is 7.08. The van der Waals surface area contributed by atoms with Crippen LogP contribution in [0.2, 0.25) is 0 Å². The van der Waals surface area contributed by atoms with Gasteiger partial charge in [-0.1, -0.05) is 20.8 Å². The van der Waals surface area contributed by atoms with Crippen molar-refractivity contribution in [1.82, 2.24) is 15.1 Å². The molecule has 1 rings (SSSR count). The van der Waals surface area contributed by atoms with Crippen molar-refractivity contribution in [2.45, 2.75) is 45.8 Å². The lowest BCUT2D eigenvalue weighted by molar-refractivity contribution is 0.130. The van der Waals surface area contributed by atoms with E-state index in [1.165, 1.54) is 6.42 Å². The summed E-state index contributed by atoms with van der Waals surface area (Å²) in [5, 5.41) is 13.4. The molecule has 2 N–H and O–H groups in total. The summed E-state index contributed by atoms with van der Waals surface area (Å²) in [7, 11) is 4.22. The van der Waals surface area contributed by atoms with Crippen molar-refractivity contribution in [2.24, 2.45) is 5.41 Å². The van der Waals surface area contributed by atoms with E-state index >= 15 is 0 Å². The van der Waals surface area contributed by atoms with Gasteiger partial charge in [0.25, 0.3) is 0 Å². The molecule has 0 amide bonds. The Morgan fingerprint density at radius 2 is 2.05 bits per heavy atom. The van der Waals surface area contributed by atoms with Gasteiger partial charge in [0.2, 0.25) is 0 Å². The van der Waals surface area contributed by atoms with Crippen molar-refractivity contribution < 1.29 is 5.11 Å². The molecule has 1 aliphatic heterocycles. The average Bonchev–Trinajstić information content (AvgIpc) is 2.57. The molecule has 1 aliphatic rings. The first-order chi connectivity index (χ1) is 8.84. The zero-order valence-corrected chi connectivity index (χ0v) is 13.4. The van der Waals surface area contributed by atoms with E-state index in [-0.39, 0.29) is 11.5 Å². The third kappa shape index (κ3) is 6.21. The van der Waals surface area contributed by atoms with Crippen molar-refractivity contribution in [1.29, 1.82) is 0 Å². The van der Waals surface area contributed by atoms with E-state index < -0.39 is 0 Å². The van der Waals surface area contributed by atoms with Crippen LogP contribution in [0.3, 0.4) is 0 Å². The Morgan fingerprint density at radius 3 is 2.63 bits per heavy atom. The van der Waals surface area contributed by atoms with Crippen LogP contribution >= 0.6 is 0 Å². The predicted octanol–water partition coefficient (Wildman–Crippen LogP) is 1.01. The van der Waals surface area contributed by atoms with E-state index in [2.05, 4.69) is 50.0 Å². The molecule has 114 valence electrons. The van der Waals surface area contributed by atoms with E-state index in [9.17, 15) is 5.11 Å². The number of nitrogens with zero attached hydrogens (tertiary/aromatic N) is 2. The Balaban J connectivity index is 2.47. The molecule has 0 aromatic rings. The largest absolute Gasteiger partial charge is 0.392 e. The molecule has 1 saturated heterocycles. The van der Waals surface area contributed by atoms with Crippen LogP contribution in [0.25, 0.3) is 0 Å². The van der Waals surface area contributed by atoms with Crippen molar-refractivity contribution in [3.8, 4) is 0 Å². The molecular formula is C15H33N3O. The van der Waals surface area contributed by atoms with Crippen LogP contribution in [-0.4, -0.2) is 73.9 Å². The molecule has 1 fully saturated rings. The SMILES string of the molecule is CCCNCC(C)(C)CN1CC(O)CC1CN(C)C. The van der Waals surface area contributed by atoms with Gasteiger partial charge in [0.15, 0.2) is 0 Å². The number of aliphatic hydroxyl groups is 1. The Kier molecular flexibility index (Phi) is 6.74. The first-order valence-corrected chi connectivity index (χ1v) is 7.61. The molecule has 2 unspecified atom stereocenters. The van der Waals surface area contributed by atoms with Gasteiger partial charge in [0.1, 0.15) is 0 Å². The Bertz CT molecular complexity index is 256. The highest BCUT2D eigenvalue weighted by Crippen LogP contribution is 2.24. The predicted molar refractivity (Wildman–Crippen MR) is 81.5 cm³/mol. The Hall–Kier alpha value is -0.160. The van der Waals surface area contributed by atoms with E-state index in [1.54, 1.807) is 0 Å². The maximum atomic E-state index is 9.92. The molecule has 0 aromatic carbocycles. The summed E-state index contributed by atoms with van der Waals surface area (Å²) >= 11 is 0. The van der Waals surface area contributed by atoms with Crippen molar-refractivity contribution in [2.75, 3.05) is 46.8 Å². The summed E-state index contributed by atoms with van der Waals surface area (Å²) in [6.07, 6.45) is 1.95. The molecule has 0 bridgehead atoms. The fourth-order valence-corrected chi connectivity index (χ4v) is 2.97. The van der Waals surface area contributed by atoms with Crippen molar-refractivity contribution >= 4 is 0 Å². The molecule has 0 spiro atoms. The zero-order valence-electron chi connectivity index (χ0n) is 13.4. The van der Waals surface area contributed by atoms with Crippen LogP contribution < -0.4 is 5.32 Å². The van der Waals surface area contributed by atoms with Crippen LogP contribution in [0.5, 0.6) is 0 Å². The fourth-order valence-electron chi connectivity index (χ4n) is 2.97. The maximum Gasteiger partial charge on any atom is 0.0682 e. The van der Waals surface area contributed by atoms with Gasteiger partial charge in [0, 0.05) is 32.2 Å². The highest BCUT2D eigenvalue weighted by Gasteiger charge is 2.34. The van der Waals surface area contributed by atoms with Gasteiger partial charge in [-0.05, 0) is 38.9 Å². The van der Waals surface area contributed by atoms with Crippen LogP contribution in [0.1, 0.15) is 33.6 Å². The summed E-state index contributed by atoms with van der Waals surface area (Å²) in [5.74, 6) is 0. The first-order valence-electron chi connectivity index (χ1n) is 7.61. The normalized spacial score (nSPS) is 25.4. The molecule has 2 atom stereocenters. The van der Waals surface area contributed by atoms with Crippen LogP contribution in [0.15, 0.2) is 0 Å². The van der Waals surface area contributed by atoms with Gasteiger partial charge in [-0.3, -0.25) is 4.90 Å². The first kappa shape index (κ1) is 16.9. The molecule has 0 saturated carbocycles. The van der Waals surface area contributed by atoms with Crippen LogP contribution in [0, 0.1) is 5.41 Å². The minimum atomic E-state index is -0.149. The molecule has 0 radical (unpaired) electrons. The summed E-state index contributed by atoms with van der Waals surface area (Å²) < 4.78 is 0. The monoisotopic (exact) mass is 271 g/mol. The van der Waals surface area contributed by atoms with Gasteiger partial charge < -0.3 is 15.3 Å². The summed E-state index contributed by atoms with van der Waals surface area (Å²) in [6.45, 7) is 11.9. The minimum absolute atomic E-state index is 0.149. The molecule has 0 aliphatic carbocycles. The van der Waals surface area contributed by atoms with Crippen LogP contribution in [0.4, 0.5) is 0 Å². The maximum absolute atomic E-state index is 9.92. The number of aliphatic hydroxyl groups excluding tert-OH is 1. The van der Waals surface area contributed by atoms with Gasteiger partial charge in [-0.25, -0.2) is 0 Å². The standard InChI is InChI=1S/C15H33N3O/c1-6-7-16-11-15(2,3)12-18-10-14(19)8-13(18)9-17(4)5/h13-14,16,19H,6-12H2,1-5H3. The quantitative estimate of drug-likeness (QED) is 0.646. The number of likely N-dealkylation sites (tertiary alicyclic amines) is 1. The molecule has 1 heterocycles. The summed E-state index contributed by atoms with van der Waals surface area (Å²) in [6, 6.07) is 0.496. The Labute approximate surface area is 119 Å². The smallest absolute Gasteiger partial charge is 0.0682 e. The van der Waals surface area contributed by atoms with Crippen molar-refractivity contribution in [3.05, 3.63) is 0 Å². The molecule has 4 nitrogen and oxygen atoms in total. The van der Waals surface area contributed by atoms with E-state index in [0.29, 0.717) is 6.04 Å². The van der Waals surface area contributed by atoms with E-state index in [0.717, 1.165) is 39.1 Å². The van der Waals surface area contributed by atoms with Crippen LogP contribution in [-0.2, 0) is 0 Å². The lowest BCUT2D eigenvalue weighted by Gasteiger charge is -2.34. The average molecular weight is 271 g/mol. The van der Waals surface area contributed by atoms with Gasteiger partial charge >= 0.3 is 0 Å². The number of nitrogens with one attached hydrogen (secondary N) is 1. The third-order valence-electron chi connectivity index (χ3n) is 3.74. The van der Waals surface area contributed by atoms with Gasteiger partial charge in [0.05, 0.1) is 6.10 Å². The number of likely N-dealkylation sites (N-methyl/N-ethyl adjacent to an activating group) is 1. The minimum Gasteiger partial charge on any atom is -0.392 e. The van der Waals surface area contributed by atoms with Crippen molar-refractivity contribution in [3.63, 3.8) is 0 Å². The number of rotatable bonds is 8. The summed E-state index contributed by atoms with van der Waals surface area (Å²) in [4.78, 5) is 4.69. The number of hydrogen-bond acceptors (Lipinski definition) is 4. The highest BCUT2D eigenvalue weighted by molar-refractivity contribution is 4.89. The molecule has 4 heteroatoms. The number of hydrogen-bond donors (Lipinski definition) is 2. The Morgan fingerprint density at radius 1 is 1.37 bits per heavy atom. The highest BCUT2D eigenvalue weighted by atomic mass is 16.3.